The molecule has 1 aliphatic carbocycles. The second-order valence-electron chi connectivity index (χ2n) is 13.0. The zero-order valence-electron chi connectivity index (χ0n) is 25.5. The third-order valence-corrected chi connectivity index (χ3v) is 10.2. The van der Waals surface area contributed by atoms with Gasteiger partial charge in [0.1, 0.15) is 24.3 Å². The lowest BCUT2D eigenvalue weighted by Crippen LogP contribution is -2.44. The summed E-state index contributed by atoms with van der Waals surface area (Å²) in [6, 6.07) is 19.7. The Morgan fingerprint density at radius 3 is 2.64 bits per heavy atom. The molecular weight excluding hydrogens is 562 g/mol. The fourth-order valence-corrected chi connectivity index (χ4v) is 7.59. The Morgan fingerprint density at radius 1 is 0.956 bits per heavy atom. The van der Waals surface area contributed by atoms with E-state index in [0.717, 1.165) is 58.0 Å². The molecule has 2 unspecified atom stereocenters. The van der Waals surface area contributed by atoms with Gasteiger partial charge in [-0.15, -0.1) is 0 Å². The number of pyridine rings is 1. The van der Waals surface area contributed by atoms with Gasteiger partial charge in [-0.1, -0.05) is 18.2 Å². The number of ether oxygens (including phenoxy) is 1. The van der Waals surface area contributed by atoms with Crippen LogP contribution in [0.15, 0.2) is 67.1 Å². The molecule has 9 rings (SSSR count). The minimum Gasteiger partial charge on any atom is -0.491 e. The molecule has 1 amide bonds. The Labute approximate surface area is 261 Å². The van der Waals surface area contributed by atoms with E-state index < -0.39 is 0 Å². The van der Waals surface area contributed by atoms with Gasteiger partial charge in [0.15, 0.2) is 0 Å². The van der Waals surface area contributed by atoms with Gasteiger partial charge in [0, 0.05) is 41.8 Å². The van der Waals surface area contributed by atoms with Crippen molar-refractivity contribution < 1.29 is 9.53 Å². The average molecular weight is 598 g/mol. The molecule has 45 heavy (non-hydrogen) atoms. The van der Waals surface area contributed by atoms with Gasteiger partial charge >= 0.3 is 0 Å². The number of likely N-dealkylation sites (tertiary alicyclic amines) is 1. The summed E-state index contributed by atoms with van der Waals surface area (Å²) in [6.07, 6.45) is 7.25. The summed E-state index contributed by atoms with van der Waals surface area (Å²) in [4.78, 5) is 38.3. The Bertz CT molecular complexity index is 1960. The van der Waals surface area contributed by atoms with E-state index in [-0.39, 0.29) is 5.91 Å². The Balaban J connectivity index is 1.03. The average Bonchev–Trinajstić information content (AvgIpc) is 3.59. The van der Waals surface area contributed by atoms with Crippen LogP contribution in [0.4, 0.5) is 11.4 Å². The summed E-state index contributed by atoms with van der Waals surface area (Å²) in [5, 5.41) is 0.919. The molecule has 1 N–H and O–H groups in total. The van der Waals surface area contributed by atoms with Crippen LogP contribution < -0.4 is 14.5 Å². The summed E-state index contributed by atoms with van der Waals surface area (Å²) >= 11 is 0. The summed E-state index contributed by atoms with van der Waals surface area (Å²) in [5.41, 5.74) is 9.22. The van der Waals surface area contributed by atoms with E-state index in [2.05, 4.69) is 70.1 Å². The molecule has 1 saturated carbocycles. The van der Waals surface area contributed by atoms with E-state index in [9.17, 15) is 4.79 Å². The van der Waals surface area contributed by atoms with E-state index in [4.69, 9.17) is 14.7 Å². The summed E-state index contributed by atoms with van der Waals surface area (Å²) in [7, 11) is 2.22. The first-order chi connectivity index (χ1) is 22.0. The second kappa shape index (κ2) is 10.1. The van der Waals surface area contributed by atoms with Crippen LogP contribution in [-0.4, -0.2) is 76.1 Å². The standard InChI is InChI=1S/C36H35N7O2/c1-21-27(4-3-5-32(21)42-12-13-45-33-14-23(22-6-7-22)8-10-28(33)36(42)44)34-29-16-31(40-35(29)39-20-38-34)30-11-9-24(17-37-30)43-19-25-15-26(43)18-41(25)2/h3-5,8-11,14,16-17,20,22,25-26H,6-7,12-13,15,18-19H2,1-2H3,(H,38,39,40). The van der Waals surface area contributed by atoms with Gasteiger partial charge in [0.2, 0.25) is 0 Å². The highest BCUT2D eigenvalue weighted by atomic mass is 16.5. The number of fused-ring (bicyclic) bond motifs is 4. The zero-order chi connectivity index (χ0) is 30.2. The number of aromatic amines is 1. The van der Waals surface area contributed by atoms with Gasteiger partial charge in [0.25, 0.3) is 5.91 Å². The molecule has 226 valence electrons. The molecule has 5 aromatic rings. The molecular formula is C36H35N7O2. The summed E-state index contributed by atoms with van der Waals surface area (Å²) in [6.45, 7) is 5.16. The minimum absolute atomic E-state index is 0.0369. The van der Waals surface area contributed by atoms with Crippen LogP contribution >= 0.6 is 0 Å². The molecule has 3 aromatic heterocycles. The number of benzene rings is 2. The highest BCUT2D eigenvalue weighted by molar-refractivity contribution is 6.09. The number of piperazine rings is 1. The van der Waals surface area contributed by atoms with Crippen molar-refractivity contribution in [1.82, 2.24) is 24.8 Å². The lowest BCUT2D eigenvalue weighted by molar-refractivity contribution is 0.0989. The van der Waals surface area contributed by atoms with Crippen LogP contribution in [0.25, 0.3) is 33.7 Å². The Hall–Kier alpha value is -4.76. The number of carbonyl (C=O) groups excluding carboxylic acids is 1. The number of rotatable bonds is 5. The highest BCUT2D eigenvalue weighted by Gasteiger charge is 2.41. The highest BCUT2D eigenvalue weighted by Crippen LogP contribution is 2.43. The first-order valence-electron chi connectivity index (χ1n) is 16.0. The molecule has 0 spiro atoms. The number of nitrogens with one attached hydrogen (secondary N) is 1. The molecule has 2 atom stereocenters. The van der Waals surface area contributed by atoms with Gasteiger partial charge in [-0.3, -0.25) is 14.7 Å². The van der Waals surface area contributed by atoms with Crippen molar-refractivity contribution in [2.24, 2.45) is 0 Å². The number of likely N-dealkylation sites (N-methyl/N-ethyl adjacent to an activating group) is 1. The summed E-state index contributed by atoms with van der Waals surface area (Å²) in [5.74, 6) is 1.26. The molecule has 6 heterocycles. The normalized spacial score (nSPS) is 21.3. The van der Waals surface area contributed by atoms with Gasteiger partial charge < -0.3 is 19.5 Å². The fraction of sp³-hybridized carbons (Fsp3) is 0.333. The molecule has 3 aliphatic heterocycles. The first-order valence-corrected chi connectivity index (χ1v) is 16.0. The van der Waals surface area contributed by atoms with Crippen LogP contribution in [0.1, 0.15) is 46.7 Å². The van der Waals surface area contributed by atoms with Crippen molar-refractivity contribution in [3.63, 3.8) is 0 Å². The molecule has 9 nitrogen and oxygen atoms in total. The van der Waals surface area contributed by atoms with Gasteiger partial charge in [-0.25, -0.2) is 9.97 Å². The van der Waals surface area contributed by atoms with Crippen molar-refractivity contribution in [2.75, 3.05) is 43.1 Å². The first kappa shape index (κ1) is 26.6. The number of amides is 1. The van der Waals surface area contributed by atoms with Crippen LogP contribution in [-0.2, 0) is 0 Å². The maximum absolute atomic E-state index is 13.9. The van der Waals surface area contributed by atoms with Crippen molar-refractivity contribution in [3.05, 3.63) is 83.8 Å². The van der Waals surface area contributed by atoms with Gasteiger partial charge in [0.05, 0.1) is 41.1 Å². The maximum atomic E-state index is 13.9. The predicted molar refractivity (Wildman–Crippen MR) is 175 cm³/mol. The van der Waals surface area contributed by atoms with Crippen LogP contribution in [0.5, 0.6) is 5.75 Å². The number of carbonyl (C=O) groups is 1. The SMILES string of the molecule is Cc1c(-c2ncnc3[nH]c(-c4ccc(N5CC6CC5CN6C)cn4)cc23)cccc1N1CCOc2cc(C3CC3)ccc2C1=O. The maximum Gasteiger partial charge on any atom is 0.262 e. The monoisotopic (exact) mass is 597 g/mol. The smallest absolute Gasteiger partial charge is 0.262 e. The third-order valence-electron chi connectivity index (χ3n) is 10.2. The fourth-order valence-electron chi connectivity index (χ4n) is 7.59. The number of anilines is 2. The zero-order valence-corrected chi connectivity index (χ0v) is 25.5. The summed E-state index contributed by atoms with van der Waals surface area (Å²) < 4.78 is 6.10. The second-order valence-corrected chi connectivity index (χ2v) is 13.0. The quantitative estimate of drug-likeness (QED) is 0.274. The third kappa shape index (κ3) is 4.40. The van der Waals surface area contributed by atoms with Crippen LogP contribution in [0, 0.1) is 6.92 Å². The molecule has 9 heteroatoms. The topological polar surface area (TPSA) is 90.5 Å². The molecule has 2 saturated heterocycles. The van der Waals surface area contributed by atoms with E-state index >= 15 is 0 Å². The number of nitrogens with zero attached hydrogens (tertiary/aromatic N) is 6. The number of hydrogen-bond donors (Lipinski definition) is 1. The Kier molecular flexibility index (Phi) is 6.00. The molecule has 0 radical (unpaired) electrons. The van der Waals surface area contributed by atoms with E-state index in [1.807, 2.05) is 29.3 Å². The van der Waals surface area contributed by atoms with E-state index in [1.165, 1.54) is 30.5 Å². The van der Waals surface area contributed by atoms with Crippen molar-refractivity contribution in [1.29, 1.82) is 0 Å². The van der Waals surface area contributed by atoms with Gasteiger partial charge in [-0.05, 0) is 86.7 Å². The Morgan fingerprint density at radius 2 is 1.87 bits per heavy atom. The molecule has 3 fully saturated rings. The van der Waals surface area contributed by atoms with E-state index in [1.54, 1.807) is 6.33 Å². The van der Waals surface area contributed by atoms with Crippen LogP contribution in [0.3, 0.4) is 0 Å². The van der Waals surface area contributed by atoms with Crippen molar-refractivity contribution in [3.8, 4) is 28.4 Å². The van der Waals surface area contributed by atoms with Gasteiger partial charge in [-0.2, -0.15) is 0 Å². The number of aromatic nitrogens is 4. The van der Waals surface area contributed by atoms with Crippen molar-refractivity contribution >= 4 is 28.3 Å². The minimum atomic E-state index is -0.0369. The number of hydrogen-bond acceptors (Lipinski definition) is 7. The molecule has 2 aromatic carbocycles. The van der Waals surface area contributed by atoms with Crippen LogP contribution in [0.2, 0.25) is 0 Å². The lowest BCUT2D eigenvalue weighted by atomic mass is 10.00. The van der Waals surface area contributed by atoms with Crippen molar-refractivity contribution in [2.45, 2.75) is 44.2 Å². The predicted octanol–water partition coefficient (Wildman–Crippen LogP) is 5.80. The lowest BCUT2D eigenvalue weighted by Gasteiger charge is -2.33. The largest absolute Gasteiger partial charge is 0.491 e. The molecule has 2 bridgehead atoms. The molecule has 4 aliphatic rings. The van der Waals surface area contributed by atoms with E-state index in [0.29, 0.717) is 42.5 Å². The number of H-pyrrole nitrogens is 1.